The fourth-order valence-electron chi connectivity index (χ4n) is 7.39. The second-order valence-corrected chi connectivity index (χ2v) is 12.8. The number of rotatable bonds is 9. The molecule has 46 heavy (non-hydrogen) atoms. The quantitative estimate of drug-likeness (QED) is 0.133. The molecular weight excluding hydrogens is 551 g/mol. The van der Waals surface area contributed by atoms with Crippen molar-refractivity contribution >= 4 is 40.3 Å². The standard InChI is InChI=1S/C45H47B/c1-10-13-17-37(12-3)40-24-30(4)43(31(5)25-40)46(44-32(6)26-41(27-33(44)7)38-18-15-14-16-19-38)45-34(8)28-42(29-35(45)9)39-22-20-36(11-2)21-23-39/h10-13,15,17-29H,1-2,14,16H2,3-9H3/b17-13-,37-12+. The van der Waals surface area contributed by atoms with Gasteiger partial charge in [-0.25, -0.2) is 0 Å². The van der Waals surface area contributed by atoms with Gasteiger partial charge in [-0.05, 0) is 100 Å². The average Bonchev–Trinajstić information content (AvgIpc) is 3.04. The number of benzene rings is 4. The Bertz CT molecular complexity index is 1850. The highest BCUT2D eigenvalue weighted by Crippen LogP contribution is 2.27. The zero-order valence-corrected chi connectivity index (χ0v) is 28.8. The van der Waals surface area contributed by atoms with Crippen molar-refractivity contribution in [3.63, 3.8) is 0 Å². The molecule has 0 saturated heterocycles. The fourth-order valence-corrected chi connectivity index (χ4v) is 7.39. The summed E-state index contributed by atoms with van der Waals surface area (Å²) in [5, 5.41) is 0. The summed E-state index contributed by atoms with van der Waals surface area (Å²) in [5.74, 6) is 0. The van der Waals surface area contributed by atoms with Crippen LogP contribution in [-0.4, -0.2) is 6.71 Å². The maximum absolute atomic E-state index is 3.93. The predicted molar refractivity (Wildman–Crippen MR) is 207 cm³/mol. The Hall–Kier alpha value is -4.62. The normalized spacial score (nSPS) is 13.2. The third kappa shape index (κ3) is 6.65. The van der Waals surface area contributed by atoms with Crippen LogP contribution in [0.1, 0.15) is 69.8 Å². The molecule has 0 aliphatic heterocycles. The summed E-state index contributed by atoms with van der Waals surface area (Å²) in [5.41, 5.74) is 20.9. The Labute approximate surface area is 278 Å². The van der Waals surface area contributed by atoms with Crippen LogP contribution in [0.15, 0.2) is 116 Å². The van der Waals surface area contributed by atoms with Gasteiger partial charge in [0.25, 0.3) is 0 Å². The zero-order chi connectivity index (χ0) is 33.0. The largest absolute Gasteiger partial charge is 0.243 e. The van der Waals surface area contributed by atoms with E-state index in [9.17, 15) is 0 Å². The summed E-state index contributed by atoms with van der Waals surface area (Å²) in [4.78, 5) is 0. The molecule has 4 aromatic rings. The van der Waals surface area contributed by atoms with Gasteiger partial charge >= 0.3 is 0 Å². The van der Waals surface area contributed by atoms with E-state index in [1.807, 2.05) is 18.2 Å². The predicted octanol–water partition coefficient (Wildman–Crippen LogP) is 10.2. The Morgan fingerprint density at radius 3 is 1.63 bits per heavy atom. The van der Waals surface area contributed by atoms with Gasteiger partial charge in [-0.2, -0.15) is 0 Å². The molecule has 0 radical (unpaired) electrons. The van der Waals surface area contributed by atoms with E-state index in [2.05, 4.69) is 153 Å². The molecule has 0 atom stereocenters. The molecule has 1 heteroatoms. The van der Waals surface area contributed by atoms with Gasteiger partial charge in [0.2, 0.25) is 6.71 Å². The van der Waals surface area contributed by atoms with Gasteiger partial charge in [0.15, 0.2) is 0 Å². The van der Waals surface area contributed by atoms with E-state index in [-0.39, 0.29) is 6.71 Å². The second-order valence-electron chi connectivity index (χ2n) is 12.8. The molecule has 0 unspecified atom stereocenters. The van der Waals surface area contributed by atoms with Crippen molar-refractivity contribution in [2.75, 3.05) is 0 Å². The first-order valence-corrected chi connectivity index (χ1v) is 16.6. The highest BCUT2D eigenvalue weighted by molar-refractivity contribution is 6.97. The minimum Gasteiger partial charge on any atom is -0.0991 e. The van der Waals surface area contributed by atoms with Gasteiger partial charge in [-0.1, -0.05) is 172 Å². The molecule has 0 amide bonds. The minimum atomic E-state index is 0.106. The van der Waals surface area contributed by atoms with Gasteiger partial charge < -0.3 is 0 Å². The van der Waals surface area contributed by atoms with Crippen LogP contribution in [0.5, 0.6) is 0 Å². The van der Waals surface area contributed by atoms with Gasteiger partial charge in [0.05, 0.1) is 0 Å². The maximum atomic E-state index is 3.93. The molecule has 230 valence electrons. The van der Waals surface area contributed by atoms with Crippen LogP contribution in [0.25, 0.3) is 28.3 Å². The van der Waals surface area contributed by atoms with Gasteiger partial charge in [-0.15, -0.1) is 0 Å². The van der Waals surface area contributed by atoms with Crippen molar-refractivity contribution in [3.8, 4) is 11.1 Å². The summed E-state index contributed by atoms with van der Waals surface area (Å²) in [7, 11) is 0. The van der Waals surface area contributed by atoms with Crippen LogP contribution in [-0.2, 0) is 0 Å². The highest BCUT2D eigenvalue weighted by Gasteiger charge is 2.31. The van der Waals surface area contributed by atoms with Crippen LogP contribution >= 0.6 is 0 Å². The fraction of sp³-hybridized carbons (Fsp3) is 0.200. The van der Waals surface area contributed by atoms with Crippen LogP contribution in [0.4, 0.5) is 0 Å². The molecule has 0 N–H and O–H groups in total. The Morgan fingerprint density at radius 1 is 0.652 bits per heavy atom. The van der Waals surface area contributed by atoms with Crippen molar-refractivity contribution in [1.29, 1.82) is 0 Å². The van der Waals surface area contributed by atoms with E-state index in [1.54, 1.807) is 0 Å². The molecule has 1 aliphatic carbocycles. The lowest BCUT2D eigenvalue weighted by molar-refractivity contribution is 1.04. The molecule has 0 saturated carbocycles. The second kappa shape index (κ2) is 14.2. The topological polar surface area (TPSA) is 0 Å². The van der Waals surface area contributed by atoms with E-state index in [0.717, 1.165) is 18.4 Å². The van der Waals surface area contributed by atoms with E-state index in [1.165, 1.54) is 83.2 Å². The number of aryl methyl sites for hydroxylation is 6. The van der Waals surface area contributed by atoms with E-state index < -0.39 is 0 Å². The zero-order valence-electron chi connectivity index (χ0n) is 28.8. The lowest BCUT2D eigenvalue weighted by atomic mass is 9.33. The van der Waals surface area contributed by atoms with Crippen LogP contribution < -0.4 is 16.4 Å². The molecule has 0 nitrogen and oxygen atoms in total. The highest BCUT2D eigenvalue weighted by atomic mass is 14.2. The Kier molecular flexibility index (Phi) is 10.1. The number of hydrogen-bond acceptors (Lipinski definition) is 0. The first-order valence-electron chi connectivity index (χ1n) is 16.6. The van der Waals surface area contributed by atoms with E-state index in [0.29, 0.717) is 0 Å². The molecule has 0 bridgehead atoms. The minimum absolute atomic E-state index is 0.106. The number of hydrogen-bond donors (Lipinski definition) is 0. The molecule has 0 aromatic heterocycles. The third-order valence-electron chi connectivity index (χ3n) is 9.51. The SMILES string of the molecule is C=C/C=C\C(=C/C)c1cc(C)c(B(c2c(C)cc(C3=CCCC=C3)cc2C)c2c(C)cc(-c3ccc(C=C)cc3)cc2C)c(C)c1. The Morgan fingerprint density at radius 2 is 1.17 bits per heavy atom. The van der Waals surface area contributed by atoms with Crippen molar-refractivity contribution in [1.82, 2.24) is 0 Å². The molecule has 0 spiro atoms. The summed E-state index contributed by atoms with van der Waals surface area (Å²) < 4.78 is 0. The summed E-state index contributed by atoms with van der Waals surface area (Å²) in [6, 6.07) is 23.0. The molecule has 0 fully saturated rings. The summed E-state index contributed by atoms with van der Waals surface area (Å²) in [6.45, 7) is 23.8. The molecule has 5 rings (SSSR count). The first-order chi connectivity index (χ1) is 22.2. The van der Waals surface area contributed by atoms with Gasteiger partial charge in [0, 0.05) is 0 Å². The third-order valence-corrected chi connectivity index (χ3v) is 9.51. The lowest BCUT2D eigenvalue weighted by Crippen LogP contribution is -2.57. The van der Waals surface area contributed by atoms with Gasteiger partial charge in [-0.3, -0.25) is 0 Å². The molecule has 1 aliphatic rings. The van der Waals surface area contributed by atoms with E-state index >= 15 is 0 Å². The van der Waals surface area contributed by atoms with Crippen LogP contribution in [0, 0.1) is 41.5 Å². The molecule has 0 heterocycles. The van der Waals surface area contributed by atoms with Crippen molar-refractivity contribution < 1.29 is 0 Å². The maximum Gasteiger partial charge on any atom is 0.243 e. The van der Waals surface area contributed by atoms with Crippen molar-refractivity contribution in [2.45, 2.75) is 61.3 Å². The first kappa shape index (κ1) is 32.8. The monoisotopic (exact) mass is 598 g/mol. The Balaban J connectivity index is 1.74. The van der Waals surface area contributed by atoms with Crippen LogP contribution in [0.2, 0.25) is 0 Å². The average molecular weight is 599 g/mol. The summed E-state index contributed by atoms with van der Waals surface area (Å²) >= 11 is 0. The van der Waals surface area contributed by atoms with E-state index in [4.69, 9.17) is 0 Å². The van der Waals surface area contributed by atoms with Gasteiger partial charge in [0.1, 0.15) is 0 Å². The molecule has 4 aromatic carbocycles. The molecular formula is C45H47B. The van der Waals surface area contributed by atoms with Crippen LogP contribution in [0.3, 0.4) is 0 Å². The number of allylic oxidation sites excluding steroid dienone is 9. The summed E-state index contributed by atoms with van der Waals surface area (Å²) in [6.07, 6.45) is 19.3. The van der Waals surface area contributed by atoms with Crippen molar-refractivity contribution in [2.24, 2.45) is 0 Å². The smallest absolute Gasteiger partial charge is 0.0991 e. The lowest BCUT2D eigenvalue weighted by Gasteiger charge is -2.28. The van der Waals surface area contributed by atoms with Crippen molar-refractivity contribution in [3.05, 3.63) is 166 Å².